The number of hydrogen-bond acceptors (Lipinski definition) is 5. The Morgan fingerprint density at radius 2 is 1.66 bits per heavy atom. The Morgan fingerprint density at radius 1 is 1.00 bits per heavy atom. The van der Waals surface area contributed by atoms with Gasteiger partial charge in [-0.1, -0.05) is 54.6 Å². The molecule has 8 nitrogen and oxygen atoms in total. The quantitative estimate of drug-likeness (QED) is 0.438. The lowest BCUT2D eigenvalue weighted by atomic mass is 9.98. The van der Waals surface area contributed by atoms with E-state index in [1.807, 2.05) is 67.6 Å². The summed E-state index contributed by atoms with van der Waals surface area (Å²) in [4.78, 5) is 40.7. The van der Waals surface area contributed by atoms with Crippen LogP contribution in [0.4, 0.5) is 4.79 Å². The number of aryl methyl sites for hydroxylation is 1. The number of pyridine rings is 1. The molecular weight excluding hydrogens is 446 g/mol. The highest BCUT2D eigenvalue weighted by atomic mass is 16.5. The fourth-order valence-corrected chi connectivity index (χ4v) is 4.39. The first kappa shape index (κ1) is 23.9. The highest BCUT2D eigenvalue weighted by Gasteiger charge is 2.30. The first-order valence-electron chi connectivity index (χ1n) is 11.5. The molecule has 2 amide bonds. The molecule has 0 fully saturated rings. The number of carbonyl (C=O) groups is 3. The van der Waals surface area contributed by atoms with Crippen LogP contribution in [0.25, 0.3) is 11.1 Å². The molecule has 0 aliphatic heterocycles. The topological polar surface area (TPSA) is 118 Å². The minimum absolute atomic E-state index is 0.0710. The van der Waals surface area contributed by atoms with Crippen LogP contribution in [0.2, 0.25) is 0 Å². The van der Waals surface area contributed by atoms with E-state index in [1.54, 1.807) is 6.20 Å². The number of ether oxygens (including phenoxy) is 1. The number of nitrogens with zero attached hydrogens (tertiary/aromatic N) is 1. The standard InChI is InChI=1S/C27H27N3O5/c1-17-18(7-6-13-28-17)12-14-29-26(33)24(15-25(31)32)30-27(34)35-16-23-21-10-4-2-8-19(21)20-9-3-5-11-22(20)23/h2-11,13,23-24H,12,14-16H2,1H3,(H,29,33)(H,30,34)(H,31,32). The summed E-state index contributed by atoms with van der Waals surface area (Å²) in [6.45, 7) is 2.23. The molecule has 2 aromatic carbocycles. The van der Waals surface area contributed by atoms with Gasteiger partial charge in [0.25, 0.3) is 0 Å². The van der Waals surface area contributed by atoms with Crippen molar-refractivity contribution < 1.29 is 24.2 Å². The van der Waals surface area contributed by atoms with Crippen LogP contribution in [0.5, 0.6) is 0 Å². The second-order valence-corrected chi connectivity index (χ2v) is 8.41. The number of carboxylic acid groups (broad SMARTS) is 1. The zero-order valence-electron chi connectivity index (χ0n) is 19.4. The first-order chi connectivity index (χ1) is 16.9. The van der Waals surface area contributed by atoms with Crippen LogP contribution in [0.15, 0.2) is 66.9 Å². The van der Waals surface area contributed by atoms with Crippen molar-refractivity contribution in [3.05, 3.63) is 89.2 Å². The third-order valence-electron chi connectivity index (χ3n) is 6.14. The largest absolute Gasteiger partial charge is 0.481 e. The van der Waals surface area contributed by atoms with E-state index in [0.29, 0.717) is 6.42 Å². The van der Waals surface area contributed by atoms with E-state index in [2.05, 4.69) is 15.6 Å². The smallest absolute Gasteiger partial charge is 0.407 e. The van der Waals surface area contributed by atoms with Gasteiger partial charge in [0.2, 0.25) is 5.91 Å². The van der Waals surface area contributed by atoms with Crippen molar-refractivity contribution >= 4 is 18.0 Å². The summed E-state index contributed by atoms with van der Waals surface area (Å²) in [5.74, 6) is -1.92. The third-order valence-corrected chi connectivity index (χ3v) is 6.14. The van der Waals surface area contributed by atoms with Gasteiger partial charge in [-0.3, -0.25) is 14.6 Å². The summed E-state index contributed by atoms with van der Waals surface area (Å²) in [5.41, 5.74) is 6.17. The summed E-state index contributed by atoms with van der Waals surface area (Å²) in [6, 6.07) is 18.4. The highest BCUT2D eigenvalue weighted by molar-refractivity contribution is 5.89. The lowest BCUT2D eigenvalue weighted by molar-refractivity contribution is -0.139. The molecule has 4 rings (SSSR count). The molecule has 180 valence electrons. The minimum atomic E-state index is -1.25. The first-order valence-corrected chi connectivity index (χ1v) is 11.5. The average molecular weight is 474 g/mol. The highest BCUT2D eigenvalue weighted by Crippen LogP contribution is 2.44. The van der Waals surface area contributed by atoms with Crippen LogP contribution in [-0.2, 0) is 20.7 Å². The molecule has 1 aromatic heterocycles. The van der Waals surface area contributed by atoms with E-state index in [9.17, 15) is 19.5 Å². The SMILES string of the molecule is Cc1ncccc1CCNC(=O)C(CC(=O)O)NC(=O)OCC1c2ccccc2-c2ccccc21. The van der Waals surface area contributed by atoms with Crippen molar-refractivity contribution in [3.8, 4) is 11.1 Å². The number of carbonyl (C=O) groups excluding carboxylic acids is 2. The van der Waals surface area contributed by atoms with Gasteiger partial charge in [0, 0.05) is 24.4 Å². The monoisotopic (exact) mass is 473 g/mol. The molecule has 1 unspecified atom stereocenters. The molecule has 0 saturated carbocycles. The minimum Gasteiger partial charge on any atom is -0.481 e. The number of alkyl carbamates (subject to hydrolysis) is 1. The van der Waals surface area contributed by atoms with Gasteiger partial charge in [0.15, 0.2) is 0 Å². The summed E-state index contributed by atoms with van der Waals surface area (Å²) < 4.78 is 5.46. The van der Waals surface area contributed by atoms with Gasteiger partial charge in [-0.15, -0.1) is 0 Å². The van der Waals surface area contributed by atoms with Gasteiger partial charge >= 0.3 is 12.1 Å². The van der Waals surface area contributed by atoms with E-state index < -0.39 is 30.4 Å². The molecule has 1 heterocycles. The van der Waals surface area contributed by atoms with Crippen LogP contribution in [0.3, 0.4) is 0 Å². The molecule has 0 saturated heterocycles. The second kappa shape index (κ2) is 10.8. The van der Waals surface area contributed by atoms with E-state index in [0.717, 1.165) is 33.5 Å². The van der Waals surface area contributed by atoms with Gasteiger partial charge < -0.3 is 20.5 Å². The zero-order chi connectivity index (χ0) is 24.8. The van der Waals surface area contributed by atoms with Gasteiger partial charge in [-0.05, 0) is 47.2 Å². The van der Waals surface area contributed by atoms with Crippen molar-refractivity contribution in [1.29, 1.82) is 0 Å². The number of fused-ring (bicyclic) bond motifs is 3. The Bertz CT molecular complexity index is 1200. The fraction of sp³-hybridized carbons (Fsp3) is 0.259. The van der Waals surface area contributed by atoms with Crippen LogP contribution in [0.1, 0.15) is 34.7 Å². The molecular formula is C27H27N3O5. The maximum Gasteiger partial charge on any atom is 0.407 e. The lowest BCUT2D eigenvalue weighted by Gasteiger charge is -2.19. The van der Waals surface area contributed by atoms with Crippen molar-refractivity contribution in [3.63, 3.8) is 0 Å². The fourth-order valence-electron chi connectivity index (χ4n) is 4.39. The summed E-state index contributed by atoms with van der Waals surface area (Å²) in [5, 5.41) is 14.3. The number of hydrogen-bond donors (Lipinski definition) is 3. The van der Waals surface area contributed by atoms with Crippen molar-refractivity contribution in [2.75, 3.05) is 13.2 Å². The third kappa shape index (κ3) is 5.66. The maximum atomic E-state index is 12.6. The molecule has 1 atom stereocenters. The van der Waals surface area contributed by atoms with Gasteiger partial charge in [-0.25, -0.2) is 4.79 Å². The predicted molar refractivity (Wildman–Crippen MR) is 130 cm³/mol. The average Bonchev–Trinajstić information content (AvgIpc) is 3.17. The summed E-state index contributed by atoms with van der Waals surface area (Å²) in [6.07, 6.45) is 0.841. The Hall–Kier alpha value is -4.20. The number of nitrogens with one attached hydrogen (secondary N) is 2. The molecule has 0 bridgehead atoms. The zero-order valence-corrected chi connectivity index (χ0v) is 19.4. The van der Waals surface area contributed by atoms with Crippen LogP contribution < -0.4 is 10.6 Å². The van der Waals surface area contributed by atoms with Crippen molar-refractivity contribution in [2.24, 2.45) is 0 Å². The van der Waals surface area contributed by atoms with Crippen LogP contribution in [0, 0.1) is 6.92 Å². The second-order valence-electron chi connectivity index (χ2n) is 8.41. The van der Waals surface area contributed by atoms with Gasteiger partial charge in [0.05, 0.1) is 6.42 Å². The van der Waals surface area contributed by atoms with E-state index in [1.165, 1.54) is 0 Å². The number of benzene rings is 2. The normalized spacial score (nSPS) is 12.8. The molecule has 3 N–H and O–H groups in total. The molecule has 1 aliphatic carbocycles. The van der Waals surface area contributed by atoms with Crippen LogP contribution >= 0.6 is 0 Å². The molecule has 0 radical (unpaired) electrons. The Labute approximate surface area is 203 Å². The molecule has 1 aliphatic rings. The van der Waals surface area contributed by atoms with Crippen molar-refractivity contribution in [2.45, 2.75) is 31.7 Å². The number of amides is 2. The van der Waals surface area contributed by atoms with E-state index in [-0.39, 0.29) is 19.1 Å². The number of rotatable bonds is 9. The molecule has 0 spiro atoms. The van der Waals surface area contributed by atoms with Gasteiger partial charge in [0.1, 0.15) is 12.6 Å². The number of aliphatic carboxylic acids is 1. The molecule has 8 heteroatoms. The predicted octanol–water partition coefficient (Wildman–Crippen LogP) is 3.43. The Balaban J connectivity index is 1.35. The van der Waals surface area contributed by atoms with E-state index >= 15 is 0 Å². The number of carboxylic acids is 1. The summed E-state index contributed by atoms with van der Waals surface area (Å²) >= 11 is 0. The van der Waals surface area contributed by atoms with Crippen molar-refractivity contribution in [1.82, 2.24) is 15.6 Å². The van der Waals surface area contributed by atoms with E-state index in [4.69, 9.17) is 4.74 Å². The lowest BCUT2D eigenvalue weighted by Crippen LogP contribution is -2.48. The summed E-state index contributed by atoms with van der Waals surface area (Å²) in [7, 11) is 0. The molecule has 3 aromatic rings. The Kier molecular flexibility index (Phi) is 7.40. The maximum absolute atomic E-state index is 12.6. The Morgan fingerprint density at radius 3 is 2.29 bits per heavy atom. The molecule has 35 heavy (non-hydrogen) atoms. The van der Waals surface area contributed by atoms with Crippen LogP contribution in [-0.4, -0.2) is 47.3 Å². The van der Waals surface area contributed by atoms with Gasteiger partial charge in [-0.2, -0.15) is 0 Å². The number of aromatic nitrogens is 1.